The van der Waals surface area contributed by atoms with Crippen molar-refractivity contribution in [3.05, 3.63) is 42.7 Å². The zero-order valence-corrected chi connectivity index (χ0v) is 13.1. The summed E-state index contributed by atoms with van der Waals surface area (Å²) < 4.78 is 5.37. The molecule has 1 fully saturated rings. The van der Waals surface area contributed by atoms with E-state index in [0.29, 0.717) is 18.3 Å². The van der Waals surface area contributed by atoms with E-state index in [9.17, 15) is 4.79 Å². The van der Waals surface area contributed by atoms with Gasteiger partial charge in [-0.1, -0.05) is 18.2 Å². The van der Waals surface area contributed by atoms with Gasteiger partial charge in [-0.05, 0) is 31.9 Å². The molecule has 1 atom stereocenters. The van der Waals surface area contributed by atoms with Crippen LogP contribution < -0.4 is 15.0 Å². The van der Waals surface area contributed by atoms with Crippen LogP contribution >= 0.6 is 0 Å². The van der Waals surface area contributed by atoms with Crippen molar-refractivity contribution in [3.8, 4) is 5.88 Å². The standard InChI is InChI=1S/C17H20N4O2/c1-2-23-16-11-15(18-12-19-16)20-14-9-6-10-21(17(14)22)13-7-4-3-5-8-13/h3-5,7-8,11-12,14H,2,6,9-10H2,1H3,(H,18,19,20). The van der Waals surface area contributed by atoms with Crippen LogP contribution in [0.25, 0.3) is 0 Å². The van der Waals surface area contributed by atoms with Crippen LogP contribution in [-0.2, 0) is 4.79 Å². The lowest BCUT2D eigenvalue weighted by atomic mass is 10.0. The lowest BCUT2D eigenvalue weighted by Crippen LogP contribution is -2.47. The minimum atomic E-state index is -0.284. The molecular formula is C17H20N4O2. The van der Waals surface area contributed by atoms with Gasteiger partial charge in [0.1, 0.15) is 18.2 Å². The second-order valence-corrected chi connectivity index (χ2v) is 5.34. The van der Waals surface area contributed by atoms with Crippen LogP contribution in [0.3, 0.4) is 0 Å². The molecule has 3 rings (SSSR count). The Kier molecular flexibility index (Phi) is 4.71. The third kappa shape index (κ3) is 3.59. The molecule has 2 heterocycles. The molecule has 6 nitrogen and oxygen atoms in total. The Hall–Kier alpha value is -2.63. The Morgan fingerprint density at radius 3 is 2.91 bits per heavy atom. The molecule has 0 aliphatic carbocycles. The highest BCUT2D eigenvalue weighted by Crippen LogP contribution is 2.23. The number of nitrogens with one attached hydrogen (secondary N) is 1. The number of hydrogen-bond acceptors (Lipinski definition) is 5. The first-order valence-electron chi connectivity index (χ1n) is 7.85. The molecule has 1 aromatic carbocycles. The average molecular weight is 312 g/mol. The number of carbonyl (C=O) groups excluding carboxylic acids is 1. The molecule has 1 unspecified atom stereocenters. The number of carbonyl (C=O) groups is 1. The van der Waals surface area contributed by atoms with Crippen molar-refractivity contribution in [2.24, 2.45) is 0 Å². The van der Waals surface area contributed by atoms with Gasteiger partial charge in [0, 0.05) is 18.3 Å². The summed E-state index contributed by atoms with van der Waals surface area (Å²) in [5, 5.41) is 3.21. The minimum Gasteiger partial charge on any atom is -0.478 e. The number of amides is 1. The van der Waals surface area contributed by atoms with Crippen molar-refractivity contribution >= 4 is 17.4 Å². The molecule has 1 aliphatic rings. The van der Waals surface area contributed by atoms with E-state index in [4.69, 9.17) is 4.74 Å². The first-order valence-corrected chi connectivity index (χ1v) is 7.85. The monoisotopic (exact) mass is 312 g/mol. The van der Waals surface area contributed by atoms with Crippen molar-refractivity contribution < 1.29 is 9.53 Å². The zero-order chi connectivity index (χ0) is 16.1. The van der Waals surface area contributed by atoms with Crippen molar-refractivity contribution in [1.82, 2.24) is 9.97 Å². The smallest absolute Gasteiger partial charge is 0.249 e. The fourth-order valence-electron chi connectivity index (χ4n) is 2.70. The predicted octanol–water partition coefficient (Wildman–Crippen LogP) is 2.48. The third-order valence-electron chi connectivity index (χ3n) is 3.76. The van der Waals surface area contributed by atoms with E-state index in [-0.39, 0.29) is 11.9 Å². The number of aromatic nitrogens is 2. The summed E-state index contributed by atoms with van der Waals surface area (Å²) in [4.78, 5) is 22.8. The first kappa shape index (κ1) is 15.3. The fourth-order valence-corrected chi connectivity index (χ4v) is 2.70. The lowest BCUT2D eigenvalue weighted by molar-refractivity contribution is -0.120. The van der Waals surface area contributed by atoms with Crippen molar-refractivity contribution in [1.29, 1.82) is 0 Å². The number of para-hydroxylation sites is 1. The summed E-state index contributed by atoms with van der Waals surface area (Å²) in [5.41, 5.74) is 0.932. The highest BCUT2D eigenvalue weighted by atomic mass is 16.5. The normalized spacial score (nSPS) is 17.9. The number of hydrogen-bond donors (Lipinski definition) is 1. The Bertz CT molecular complexity index is 663. The van der Waals surface area contributed by atoms with Gasteiger partial charge in [0.25, 0.3) is 0 Å². The Morgan fingerprint density at radius 2 is 2.13 bits per heavy atom. The summed E-state index contributed by atoms with van der Waals surface area (Å²) in [6.45, 7) is 3.19. The molecule has 1 amide bonds. The van der Waals surface area contributed by atoms with Crippen molar-refractivity contribution in [3.63, 3.8) is 0 Å². The molecule has 0 spiro atoms. The number of rotatable bonds is 5. The van der Waals surface area contributed by atoms with Crippen LogP contribution in [0.4, 0.5) is 11.5 Å². The Labute approximate surface area is 135 Å². The number of nitrogens with zero attached hydrogens (tertiary/aromatic N) is 3. The largest absolute Gasteiger partial charge is 0.478 e. The van der Waals surface area contributed by atoms with E-state index in [1.165, 1.54) is 6.33 Å². The average Bonchev–Trinajstić information content (AvgIpc) is 2.58. The molecule has 0 radical (unpaired) electrons. The van der Waals surface area contributed by atoms with E-state index in [2.05, 4.69) is 15.3 Å². The zero-order valence-electron chi connectivity index (χ0n) is 13.1. The quantitative estimate of drug-likeness (QED) is 0.918. The summed E-state index contributed by atoms with van der Waals surface area (Å²) in [6.07, 6.45) is 3.17. The number of anilines is 2. The fraction of sp³-hybridized carbons (Fsp3) is 0.353. The molecule has 1 N–H and O–H groups in total. The minimum absolute atomic E-state index is 0.0685. The third-order valence-corrected chi connectivity index (χ3v) is 3.76. The highest BCUT2D eigenvalue weighted by Gasteiger charge is 2.29. The molecule has 1 saturated heterocycles. The Balaban J connectivity index is 1.73. The molecule has 0 saturated carbocycles. The summed E-state index contributed by atoms with van der Waals surface area (Å²) >= 11 is 0. The molecule has 120 valence electrons. The second-order valence-electron chi connectivity index (χ2n) is 5.34. The van der Waals surface area contributed by atoms with Gasteiger partial charge in [0.05, 0.1) is 6.61 Å². The van der Waals surface area contributed by atoms with E-state index in [1.807, 2.05) is 42.2 Å². The van der Waals surface area contributed by atoms with Gasteiger partial charge in [-0.2, -0.15) is 0 Å². The number of benzene rings is 1. The van der Waals surface area contributed by atoms with Crippen LogP contribution in [0.15, 0.2) is 42.7 Å². The second kappa shape index (κ2) is 7.09. The van der Waals surface area contributed by atoms with E-state index >= 15 is 0 Å². The summed E-state index contributed by atoms with van der Waals surface area (Å²) in [6, 6.07) is 11.2. The van der Waals surface area contributed by atoms with Gasteiger partial charge in [-0.3, -0.25) is 4.79 Å². The molecule has 1 aromatic heterocycles. The van der Waals surface area contributed by atoms with Crippen molar-refractivity contribution in [2.75, 3.05) is 23.4 Å². The maximum absolute atomic E-state index is 12.7. The summed E-state index contributed by atoms with van der Waals surface area (Å²) in [5.74, 6) is 1.18. The molecular weight excluding hydrogens is 292 g/mol. The number of piperidine rings is 1. The van der Waals surface area contributed by atoms with Crippen LogP contribution in [0, 0.1) is 0 Å². The topological polar surface area (TPSA) is 67.3 Å². The highest BCUT2D eigenvalue weighted by molar-refractivity contribution is 5.99. The molecule has 1 aliphatic heterocycles. The van der Waals surface area contributed by atoms with Gasteiger partial charge in [0.2, 0.25) is 11.8 Å². The Morgan fingerprint density at radius 1 is 1.30 bits per heavy atom. The molecule has 23 heavy (non-hydrogen) atoms. The van der Waals surface area contributed by atoms with Gasteiger partial charge >= 0.3 is 0 Å². The maximum atomic E-state index is 12.7. The van der Waals surface area contributed by atoms with Crippen molar-refractivity contribution in [2.45, 2.75) is 25.8 Å². The summed E-state index contributed by atoms with van der Waals surface area (Å²) in [7, 11) is 0. The predicted molar refractivity (Wildman–Crippen MR) is 88.6 cm³/mol. The van der Waals surface area contributed by atoms with Gasteiger partial charge < -0.3 is 15.0 Å². The molecule has 0 bridgehead atoms. The molecule has 2 aromatic rings. The SMILES string of the molecule is CCOc1cc(NC2CCCN(c3ccccc3)C2=O)ncn1. The van der Waals surface area contributed by atoms with E-state index < -0.39 is 0 Å². The number of ether oxygens (including phenoxy) is 1. The lowest BCUT2D eigenvalue weighted by Gasteiger charge is -2.32. The van der Waals surface area contributed by atoms with Crippen LogP contribution in [0.5, 0.6) is 5.88 Å². The van der Waals surface area contributed by atoms with Crippen LogP contribution in [0.1, 0.15) is 19.8 Å². The first-order chi connectivity index (χ1) is 11.3. The van der Waals surface area contributed by atoms with Gasteiger partial charge in [-0.25, -0.2) is 9.97 Å². The van der Waals surface area contributed by atoms with Gasteiger partial charge in [0.15, 0.2) is 0 Å². The molecule has 6 heteroatoms. The van der Waals surface area contributed by atoms with E-state index in [0.717, 1.165) is 25.1 Å². The van der Waals surface area contributed by atoms with E-state index in [1.54, 1.807) is 6.07 Å². The van der Waals surface area contributed by atoms with Crippen LogP contribution in [0.2, 0.25) is 0 Å². The maximum Gasteiger partial charge on any atom is 0.249 e. The van der Waals surface area contributed by atoms with Gasteiger partial charge in [-0.15, -0.1) is 0 Å². The van der Waals surface area contributed by atoms with Crippen LogP contribution in [-0.4, -0.2) is 35.1 Å².